The van der Waals surface area contributed by atoms with Crippen molar-refractivity contribution in [1.29, 1.82) is 0 Å². The van der Waals surface area contributed by atoms with Gasteiger partial charge in [-0.3, -0.25) is 0 Å². The van der Waals surface area contributed by atoms with Crippen molar-refractivity contribution >= 4 is 27.6 Å². The van der Waals surface area contributed by atoms with Crippen LogP contribution in [-0.4, -0.2) is 24.2 Å². The number of hydrogen-bond acceptors (Lipinski definition) is 3. The van der Waals surface area contributed by atoms with Crippen LogP contribution >= 0.6 is 15.9 Å². The lowest BCUT2D eigenvalue weighted by Crippen LogP contribution is -2.32. The molecule has 20 heavy (non-hydrogen) atoms. The summed E-state index contributed by atoms with van der Waals surface area (Å²) in [6, 6.07) is 14.4. The average molecular weight is 336 g/mol. The number of nitrogens with one attached hydrogen (secondary N) is 2. The van der Waals surface area contributed by atoms with E-state index < -0.39 is 0 Å². The molecule has 0 aliphatic heterocycles. The summed E-state index contributed by atoms with van der Waals surface area (Å²) in [5.41, 5.74) is 0.750. The van der Waals surface area contributed by atoms with E-state index in [1.165, 1.54) is 0 Å². The fourth-order valence-electron chi connectivity index (χ4n) is 1.49. The molecule has 0 saturated carbocycles. The van der Waals surface area contributed by atoms with Crippen molar-refractivity contribution in [3.05, 3.63) is 53.1 Å². The zero-order valence-electron chi connectivity index (χ0n) is 10.7. The van der Waals surface area contributed by atoms with Gasteiger partial charge in [0, 0.05) is 11.8 Å². The maximum atomic E-state index is 11.6. The molecule has 1 aromatic carbocycles. The first-order valence-electron chi connectivity index (χ1n) is 6.09. The Morgan fingerprint density at radius 3 is 2.70 bits per heavy atom. The number of aromatic nitrogens is 1. The number of rotatable bonds is 5. The number of halogens is 1. The number of carbonyl (C=O) groups is 1. The molecule has 0 bridgehead atoms. The highest BCUT2D eigenvalue weighted by molar-refractivity contribution is 9.10. The van der Waals surface area contributed by atoms with Crippen molar-refractivity contribution in [2.45, 2.75) is 0 Å². The van der Waals surface area contributed by atoms with Gasteiger partial charge in [-0.15, -0.1) is 0 Å². The molecule has 0 unspecified atom stereocenters. The van der Waals surface area contributed by atoms with E-state index in [0.29, 0.717) is 23.6 Å². The molecule has 0 saturated heterocycles. The van der Waals surface area contributed by atoms with Gasteiger partial charge in [0.15, 0.2) is 0 Å². The van der Waals surface area contributed by atoms with Crippen LogP contribution in [0, 0.1) is 0 Å². The fourth-order valence-corrected chi connectivity index (χ4v) is 1.81. The molecule has 2 N–H and O–H groups in total. The Balaban J connectivity index is 1.67. The minimum absolute atomic E-state index is 0.262. The molecule has 104 valence electrons. The zero-order valence-corrected chi connectivity index (χ0v) is 12.3. The molecule has 0 aliphatic rings. The Kier molecular flexibility index (Phi) is 5.37. The highest BCUT2D eigenvalue weighted by Crippen LogP contribution is 2.11. The number of benzene rings is 1. The van der Waals surface area contributed by atoms with E-state index >= 15 is 0 Å². The van der Waals surface area contributed by atoms with Crippen LogP contribution in [0.25, 0.3) is 0 Å². The summed E-state index contributed by atoms with van der Waals surface area (Å²) in [6.45, 7) is 0.749. The number of ether oxygens (including phenoxy) is 1. The number of amides is 2. The van der Waals surface area contributed by atoms with Crippen LogP contribution in [-0.2, 0) is 0 Å². The van der Waals surface area contributed by atoms with Gasteiger partial charge in [0.25, 0.3) is 0 Å². The van der Waals surface area contributed by atoms with E-state index in [4.69, 9.17) is 4.74 Å². The lowest BCUT2D eigenvalue weighted by atomic mass is 10.3. The molecule has 0 fully saturated rings. The molecule has 5 nitrogen and oxygen atoms in total. The third-order valence-corrected chi connectivity index (χ3v) is 2.80. The van der Waals surface area contributed by atoms with Gasteiger partial charge in [-0.2, -0.15) is 0 Å². The third kappa shape index (κ3) is 4.89. The zero-order chi connectivity index (χ0) is 14.2. The Labute approximate surface area is 125 Å². The van der Waals surface area contributed by atoms with Crippen LogP contribution in [0.4, 0.5) is 10.5 Å². The number of para-hydroxylation sites is 1. The highest BCUT2D eigenvalue weighted by atomic mass is 79.9. The molecule has 0 aliphatic carbocycles. The van der Waals surface area contributed by atoms with Gasteiger partial charge in [-0.1, -0.05) is 24.3 Å². The Morgan fingerprint density at radius 2 is 1.95 bits per heavy atom. The van der Waals surface area contributed by atoms with Crippen molar-refractivity contribution in [2.24, 2.45) is 0 Å². The number of nitrogens with zero attached hydrogens (tertiary/aromatic N) is 1. The third-order valence-electron chi connectivity index (χ3n) is 2.36. The molecule has 6 heteroatoms. The largest absolute Gasteiger partial charge is 0.476 e. The summed E-state index contributed by atoms with van der Waals surface area (Å²) < 4.78 is 6.12. The molecular formula is C14H14BrN3O2. The van der Waals surface area contributed by atoms with Crippen LogP contribution in [0.5, 0.6) is 5.88 Å². The van der Waals surface area contributed by atoms with Crippen molar-refractivity contribution < 1.29 is 9.53 Å². The molecule has 2 rings (SSSR count). The Morgan fingerprint density at radius 1 is 1.15 bits per heavy atom. The van der Waals surface area contributed by atoms with Gasteiger partial charge < -0.3 is 15.4 Å². The molecule has 2 aromatic rings. The molecule has 0 radical (unpaired) electrons. The first-order valence-corrected chi connectivity index (χ1v) is 6.88. The first-order chi connectivity index (χ1) is 9.74. The van der Waals surface area contributed by atoms with E-state index in [1.54, 1.807) is 6.07 Å². The maximum Gasteiger partial charge on any atom is 0.319 e. The summed E-state index contributed by atoms with van der Waals surface area (Å²) in [4.78, 5) is 15.7. The van der Waals surface area contributed by atoms with Gasteiger partial charge in [-0.05, 0) is 34.1 Å². The van der Waals surface area contributed by atoms with E-state index in [9.17, 15) is 4.79 Å². The molecule has 1 heterocycles. The van der Waals surface area contributed by atoms with Gasteiger partial charge in [0.1, 0.15) is 11.2 Å². The van der Waals surface area contributed by atoms with Crippen LogP contribution in [0.15, 0.2) is 53.1 Å². The predicted molar refractivity (Wildman–Crippen MR) is 80.9 cm³/mol. The summed E-state index contributed by atoms with van der Waals surface area (Å²) in [6.07, 6.45) is 0. The van der Waals surface area contributed by atoms with Crippen LogP contribution in [0.1, 0.15) is 0 Å². The standard InChI is InChI=1S/C14H14BrN3O2/c15-12-7-4-8-13(18-12)20-10-9-16-14(19)17-11-5-2-1-3-6-11/h1-8H,9-10H2,(H2,16,17,19). The topological polar surface area (TPSA) is 63.2 Å². The van der Waals surface area contributed by atoms with Gasteiger partial charge in [0.05, 0.1) is 6.54 Å². The molecule has 0 spiro atoms. The number of carbonyl (C=O) groups excluding carboxylic acids is 1. The Hall–Kier alpha value is -2.08. The van der Waals surface area contributed by atoms with E-state index in [1.807, 2.05) is 42.5 Å². The summed E-state index contributed by atoms with van der Waals surface area (Å²) >= 11 is 3.26. The van der Waals surface area contributed by atoms with Crippen LogP contribution in [0.3, 0.4) is 0 Å². The van der Waals surface area contributed by atoms with E-state index in [2.05, 4.69) is 31.5 Å². The monoisotopic (exact) mass is 335 g/mol. The first kappa shape index (κ1) is 14.3. The second kappa shape index (κ2) is 7.49. The predicted octanol–water partition coefficient (Wildman–Crippen LogP) is 3.04. The number of urea groups is 1. The van der Waals surface area contributed by atoms with Crippen LogP contribution in [0.2, 0.25) is 0 Å². The smallest absolute Gasteiger partial charge is 0.319 e. The maximum absolute atomic E-state index is 11.6. The minimum Gasteiger partial charge on any atom is -0.476 e. The van der Waals surface area contributed by atoms with Crippen LogP contribution < -0.4 is 15.4 Å². The summed E-state index contributed by atoms with van der Waals surface area (Å²) in [5, 5.41) is 5.42. The number of pyridine rings is 1. The van der Waals surface area contributed by atoms with Crippen molar-refractivity contribution in [3.63, 3.8) is 0 Å². The quantitative estimate of drug-likeness (QED) is 0.652. The second-order valence-electron chi connectivity index (χ2n) is 3.89. The molecular weight excluding hydrogens is 322 g/mol. The van der Waals surface area contributed by atoms with E-state index in [-0.39, 0.29) is 6.03 Å². The van der Waals surface area contributed by atoms with E-state index in [0.717, 1.165) is 5.69 Å². The Bertz CT molecular complexity index is 563. The van der Waals surface area contributed by atoms with Gasteiger partial charge >= 0.3 is 6.03 Å². The summed E-state index contributed by atoms with van der Waals surface area (Å²) in [5.74, 6) is 0.518. The number of hydrogen-bond donors (Lipinski definition) is 2. The highest BCUT2D eigenvalue weighted by Gasteiger charge is 2.01. The molecule has 2 amide bonds. The average Bonchev–Trinajstić information content (AvgIpc) is 2.45. The number of anilines is 1. The summed E-state index contributed by atoms with van der Waals surface area (Å²) in [7, 11) is 0. The fraction of sp³-hybridized carbons (Fsp3) is 0.143. The second-order valence-corrected chi connectivity index (χ2v) is 4.71. The molecule has 1 aromatic heterocycles. The van der Waals surface area contributed by atoms with Gasteiger partial charge in [-0.25, -0.2) is 9.78 Å². The molecule has 0 atom stereocenters. The normalized spacial score (nSPS) is 9.85. The van der Waals surface area contributed by atoms with Crippen molar-refractivity contribution in [1.82, 2.24) is 10.3 Å². The van der Waals surface area contributed by atoms with Crippen molar-refractivity contribution in [3.8, 4) is 5.88 Å². The lowest BCUT2D eigenvalue weighted by Gasteiger charge is -2.08. The van der Waals surface area contributed by atoms with Gasteiger partial charge in [0.2, 0.25) is 5.88 Å². The lowest BCUT2D eigenvalue weighted by molar-refractivity contribution is 0.246. The van der Waals surface area contributed by atoms with Crippen molar-refractivity contribution in [2.75, 3.05) is 18.5 Å². The SMILES string of the molecule is O=C(NCCOc1cccc(Br)n1)Nc1ccccc1. The minimum atomic E-state index is -0.262.